The first kappa shape index (κ1) is 43.8. The van der Waals surface area contributed by atoms with Gasteiger partial charge in [0.05, 0.1) is 15.6 Å². The summed E-state index contributed by atoms with van der Waals surface area (Å²) in [5.41, 5.74) is 7.89. The molecule has 0 spiro atoms. The monoisotopic (exact) mass is 810 g/mol. The lowest BCUT2D eigenvalue weighted by Gasteiger charge is -2.22. The fourth-order valence-corrected chi connectivity index (χ4v) is 5.69. The largest absolute Gasteiger partial charge is 0.434 e. The normalized spacial score (nSPS) is 10.9. The Kier molecular flexibility index (Phi) is 17.8. The molecule has 0 bridgehead atoms. The number of primary amides is 2. The van der Waals surface area contributed by atoms with Crippen LogP contribution in [0.4, 0.5) is 42.0 Å². The lowest BCUT2D eigenvalue weighted by atomic mass is 10.2. The Morgan fingerprint density at radius 1 is 0.939 bits per heavy atom. The van der Waals surface area contributed by atoms with Gasteiger partial charge in [0.15, 0.2) is 5.75 Å². The summed E-state index contributed by atoms with van der Waals surface area (Å²) < 4.78 is 70.9. The van der Waals surface area contributed by atoms with Gasteiger partial charge in [0.1, 0.15) is 22.2 Å². The van der Waals surface area contributed by atoms with Gasteiger partial charge >= 0.3 is 12.2 Å². The van der Waals surface area contributed by atoms with Crippen LogP contribution in [0.25, 0.3) is 0 Å². The number of urea groups is 1. The van der Waals surface area contributed by atoms with E-state index >= 15 is 0 Å². The number of carbonyl (C=O) groups is 4. The van der Waals surface area contributed by atoms with Gasteiger partial charge in [-0.15, -0.1) is 0 Å². The number of carbonyl (C=O) groups excluding carboxylic acids is 4. The minimum atomic E-state index is -4.67. The van der Waals surface area contributed by atoms with Gasteiger partial charge in [-0.3, -0.25) is 19.7 Å². The molecule has 0 saturated heterocycles. The molecule has 1 aromatic heterocycles. The summed E-state index contributed by atoms with van der Waals surface area (Å²) in [6, 6.07) is 4.51. The average molecular weight is 812 g/mol. The summed E-state index contributed by atoms with van der Waals surface area (Å²) in [5, 5.41) is 2.22. The van der Waals surface area contributed by atoms with E-state index in [9.17, 15) is 41.1 Å². The van der Waals surface area contributed by atoms with Crippen LogP contribution in [-0.2, 0) is 6.18 Å². The Morgan fingerprint density at radius 3 is 1.88 bits per heavy atom. The quantitative estimate of drug-likeness (QED) is 0.158. The van der Waals surface area contributed by atoms with Gasteiger partial charge in [0.2, 0.25) is 5.88 Å². The van der Waals surface area contributed by atoms with Crippen molar-refractivity contribution < 1.29 is 45.9 Å². The standard InChI is InChI=1S/C20H9Cl3F5N3O3.C7H15N3O2S2.H2S/c21-10-5-9(30-19(33)31-17(32)15-13(24)2-1-3-14(15)25)6-11(22)16(10)34-18-12(23)4-8(7-29-18)20(26,27)28;1-10(2)5(3-13-6(8)11)4-14-7(9)12;/h1-7H,(H2,30,31,32,33);5H,3-4H2,1-2H3,(H2,8,11)(H2,9,12);1H2. The predicted molar refractivity (Wildman–Crippen MR) is 186 cm³/mol. The summed E-state index contributed by atoms with van der Waals surface area (Å²) in [5.74, 6) is -3.21. The number of rotatable bonds is 9. The SMILES string of the molecule is CN(C)C(CSC(N)=O)CSC(N)=O.O=C(NC(=O)c1c(F)cccc1F)Nc1cc(Cl)c(Oc2ncc(C(F)(F)F)cc2Cl)c(Cl)c1.S. The third kappa shape index (κ3) is 14.3. The molecule has 3 rings (SSSR count). The number of anilines is 1. The van der Waals surface area contributed by atoms with E-state index in [0.717, 1.165) is 53.9 Å². The molecule has 0 fully saturated rings. The molecule has 0 aliphatic heterocycles. The second-order valence-electron chi connectivity index (χ2n) is 9.26. The van der Waals surface area contributed by atoms with Gasteiger partial charge in [-0.25, -0.2) is 18.6 Å². The maximum Gasteiger partial charge on any atom is 0.417 e. The average Bonchev–Trinajstić information content (AvgIpc) is 2.94. The van der Waals surface area contributed by atoms with E-state index in [1.54, 1.807) is 5.32 Å². The number of halogens is 8. The second-order valence-corrected chi connectivity index (χ2v) is 12.5. The van der Waals surface area contributed by atoms with Crippen LogP contribution in [0.2, 0.25) is 15.1 Å². The number of ether oxygens (including phenoxy) is 1. The Bertz CT molecular complexity index is 1620. The zero-order chi connectivity index (χ0) is 36.3. The third-order valence-corrected chi connectivity index (χ3v) is 8.08. The summed E-state index contributed by atoms with van der Waals surface area (Å²) in [7, 11) is 3.77. The first-order chi connectivity index (χ1) is 22.3. The van der Waals surface area contributed by atoms with Crippen molar-refractivity contribution in [3.05, 3.63) is 80.4 Å². The van der Waals surface area contributed by atoms with Crippen LogP contribution in [-0.4, -0.2) is 63.9 Å². The summed E-state index contributed by atoms with van der Waals surface area (Å²) in [6.07, 6.45) is -4.17. The highest BCUT2D eigenvalue weighted by Gasteiger charge is 2.32. The number of alkyl halides is 3. The van der Waals surface area contributed by atoms with E-state index < -0.39 is 62.3 Å². The minimum Gasteiger partial charge on any atom is -0.434 e. The number of benzene rings is 2. The van der Waals surface area contributed by atoms with E-state index in [4.69, 9.17) is 51.0 Å². The van der Waals surface area contributed by atoms with Gasteiger partial charge in [-0.1, -0.05) is 64.4 Å². The fourth-order valence-electron chi connectivity index (χ4n) is 3.23. The van der Waals surface area contributed by atoms with Crippen molar-refractivity contribution in [1.82, 2.24) is 15.2 Å². The molecule has 11 nitrogen and oxygen atoms in total. The van der Waals surface area contributed by atoms with Crippen molar-refractivity contribution in [2.75, 3.05) is 30.9 Å². The maximum atomic E-state index is 13.7. The number of amides is 5. The van der Waals surface area contributed by atoms with Crippen molar-refractivity contribution >= 4 is 99.9 Å². The smallest absolute Gasteiger partial charge is 0.417 e. The van der Waals surface area contributed by atoms with Crippen LogP contribution in [0.15, 0.2) is 42.6 Å². The molecule has 2 aromatic carbocycles. The lowest BCUT2D eigenvalue weighted by molar-refractivity contribution is -0.137. The van der Waals surface area contributed by atoms with Crippen LogP contribution >= 0.6 is 71.8 Å². The molecule has 0 aliphatic rings. The zero-order valence-corrected chi connectivity index (χ0v) is 29.9. The summed E-state index contributed by atoms with van der Waals surface area (Å²) >= 11 is 20.0. The second kappa shape index (κ2) is 19.9. The Morgan fingerprint density at radius 2 is 1.45 bits per heavy atom. The molecular formula is C27H26Cl3F5N6O5S3. The molecular weight excluding hydrogens is 786 g/mol. The van der Waals surface area contributed by atoms with Gasteiger partial charge in [0.25, 0.3) is 16.4 Å². The van der Waals surface area contributed by atoms with Crippen molar-refractivity contribution in [2.45, 2.75) is 12.2 Å². The molecule has 3 aromatic rings. The first-order valence-electron chi connectivity index (χ1n) is 12.8. The lowest BCUT2D eigenvalue weighted by Crippen LogP contribution is -2.35. The number of pyridine rings is 1. The number of nitrogens with two attached hydrogens (primary N) is 2. The molecule has 268 valence electrons. The Balaban J connectivity index is 0.000000679. The molecule has 0 aliphatic carbocycles. The molecule has 6 N–H and O–H groups in total. The number of hydrogen-bond donors (Lipinski definition) is 4. The van der Waals surface area contributed by atoms with Crippen LogP contribution in [0, 0.1) is 11.6 Å². The maximum absolute atomic E-state index is 13.7. The van der Waals surface area contributed by atoms with Gasteiger partial charge < -0.3 is 26.4 Å². The van der Waals surface area contributed by atoms with Crippen molar-refractivity contribution in [3.8, 4) is 11.6 Å². The Hall–Kier alpha value is -3.20. The van der Waals surface area contributed by atoms with Crippen molar-refractivity contribution in [1.29, 1.82) is 0 Å². The van der Waals surface area contributed by atoms with Gasteiger partial charge in [-0.2, -0.15) is 26.7 Å². The highest BCUT2D eigenvalue weighted by atomic mass is 35.5. The van der Waals surface area contributed by atoms with E-state index in [1.165, 1.54) is 0 Å². The van der Waals surface area contributed by atoms with Crippen molar-refractivity contribution in [3.63, 3.8) is 0 Å². The van der Waals surface area contributed by atoms with E-state index in [-0.39, 0.29) is 41.0 Å². The summed E-state index contributed by atoms with van der Waals surface area (Å²) in [6.45, 7) is 0. The first-order valence-corrected chi connectivity index (χ1v) is 15.9. The number of aromatic nitrogens is 1. The molecule has 22 heteroatoms. The van der Waals surface area contributed by atoms with Crippen molar-refractivity contribution in [2.24, 2.45) is 11.5 Å². The molecule has 49 heavy (non-hydrogen) atoms. The molecule has 5 amide bonds. The van der Waals surface area contributed by atoms with Crippen LogP contribution in [0.5, 0.6) is 11.6 Å². The number of nitrogens with one attached hydrogen (secondary N) is 2. The highest BCUT2D eigenvalue weighted by molar-refractivity contribution is 8.14. The number of nitrogens with zero attached hydrogens (tertiary/aromatic N) is 2. The zero-order valence-electron chi connectivity index (χ0n) is 25.0. The van der Waals surface area contributed by atoms with Crippen LogP contribution in [0.1, 0.15) is 15.9 Å². The van der Waals surface area contributed by atoms with E-state index in [2.05, 4.69) is 10.3 Å². The minimum absolute atomic E-state index is 0. The topological polar surface area (TPSA) is 170 Å². The summed E-state index contributed by atoms with van der Waals surface area (Å²) in [4.78, 5) is 50.5. The van der Waals surface area contributed by atoms with Gasteiger partial charge in [0, 0.05) is 29.4 Å². The van der Waals surface area contributed by atoms with Gasteiger partial charge in [-0.05, 0) is 44.4 Å². The predicted octanol–water partition coefficient (Wildman–Crippen LogP) is 7.75. The highest BCUT2D eigenvalue weighted by Crippen LogP contribution is 2.41. The molecule has 0 saturated carbocycles. The molecule has 0 radical (unpaired) electrons. The third-order valence-electron chi connectivity index (χ3n) is 5.57. The van der Waals surface area contributed by atoms with Crippen LogP contribution < -0.4 is 26.8 Å². The molecule has 1 heterocycles. The molecule has 0 unspecified atom stereocenters. The van der Waals surface area contributed by atoms with E-state index in [0.29, 0.717) is 23.8 Å². The number of hydrogen-bond acceptors (Lipinski definition) is 9. The molecule has 0 atom stereocenters. The number of thioether (sulfide) groups is 2. The Labute approximate surface area is 306 Å². The number of imide groups is 1. The van der Waals surface area contributed by atoms with E-state index in [1.807, 2.05) is 19.0 Å². The van der Waals surface area contributed by atoms with Crippen LogP contribution in [0.3, 0.4) is 0 Å². The fraction of sp³-hybridized carbons (Fsp3) is 0.222.